The first-order valence-electron chi connectivity index (χ1n) is 5.79. The number of carbonyl (C=O) groups excluding carboxylic acids is 1. The lowest BCUT2D eigenvalue weighted by Gasteiger charge is -2.30. The molecular weight excluding hydrogens is 216 g/mol. The molecule has 0 saturated heterocycles. The molecule has 1 heterocycles. The number of nitrogen functional groups attached to an aromatic ring is 1. The Balaban J connectivity index is 2.49. The van der Waals surface area contributed by atoms with Crippen LogP contribution >= 0.6 is 0 Å². The van der Waals surface area contributed by atoms with E-state index in [0.29, 0.717) is 17.1 Å². The minimum atomic E-state index is -0.426. The average Bonchev–Trinajstić information content (AvgIpc) is 2.26. The minimum Gasteiger partial charge on any atom is -0.478 e. The van der Waals surface area contributed by atoms with Crippen LogP contribution in [0.3, 0.4) is 0 Å². The number of anilines is 2. The van der Waals surface area contributed by atoms with Gasteiger partial charge >= 0.3 is 0 Å². The van der Waals surface area contributed by atoms with E-state index in [0.717, 1.165) is 11.1 Å². The molecule has 4 heteroatoms. The molecule has 92 valence electrons. The van der Waals surface area contributed by atoms with Crippen LogP contribution in [0.2, 0.25) is 0 Å². The number of carbonyl (C=O) groups is 1. The molecule has 3 N–H and O–H groups in total. The molecular formula is C13H18N2O2. The van der Waals surface area contributed by atoms with Gasteiger partial charge < -0.3 is 15.8 Å². The molecule has 1 aromatic carbocycles. The summed E-state index contributed by atoms with van der Waals surface area (Å²) >= 11 is 0. The molecule has 1 amide bonds. The Hall–Kier alpha value is -1.71. The first kappa shape index (κ1) is 11.8. The van der Waals surface area contributed by atoms with E-state index in [1.807, 2.05) is 33.8 Å². The molecule has 0 spiro atoms. The monoisotopic (exact) mass is 234 g/mol. The second-order valence-corrected chi connectivity index (χ2v) is 4.88. The number of benzene rings is 1. The minimum absolute atomic E-state index is 0.0983. The van der Waals surface area contributed by atoms with Gasteiger partial charge in [-0.05, 0) is 37.0 Å². The number of ether oxygens (including phenoxy) is 1. The number of fused-ring (bicyclic) bond motifs is 1. The Kier molecular flexibility index (Phi) is 2.73. The quantitative estimate of drug-likeness (QED) is 0.732. The highest BCUT2D eigenvalue weighted by Crippen LogP contribution is 2.38. The molecule has 1 atom stereocenters. The molecule has 1 unspecified atom stereocenters. The van der Waals surface area contributed by atoms with Crippen molar-refractivity contribution in [2.45, 2.75) is 33.8 Å². The van der Waals surface area contributed by atoms with Crippen LogP contribution in [0.5, 0.6) is 5.75 Å². The smallest absolute Gasteiger partial charge is 0.265 e. The normalized spacial score (nSPS) is 18.6. The van der Waals surface area contributed by atoms with Gasteiger partial charge in [0.25, 0.3) is 5.91 Å². The molecule has 0 aliphatic carbocycles. The van der Waals surface area contributed by atoms with E-state index >= 15 is 0 Å². The van der Waals surface area contributed by atoms with Gasteiger partial charge in [0.15, 0.2) is 6.10 Å². The largest absolute Gasteiger partial charge is 0.478 e. The molecule has 1 aromatic rings. The molecule has 0 aromatic heterocycles. The van der Waals surface area contributed by atoms with Crippen LogP contribution in [-0.2, 0) is 4.79 Å². The summed E-state index contributed by atoms with van der Waals surface area (Å²) in [5.41, 5.74) is 9.19. The summed E-state index contributed by atoms with van der Waals surface area (Å²) in [4.78, 5) is 11.9. The zero-order chi connectivity index (χ0) is 12.7. The van der Waals surface area contributed by atoms with Gasteiger partial charge in [0.05, 0.1) is 5.69 Å². The van der Waals surface area contributed by atoms with Crippen LogP contribution in [0.1, 0.15) is 25.0 Å². The van der Waals surface area contributed by atoms with Crippen LogP contribution < -0.4 is 15.8 Å². The van der Waals surface area contributed by atoms with Crippen molar-refractivity contribution in [1.82, 2.24) is 0 Å². The topological polar surface area (TPSA) is 64.3 Å². The summed E-state index contributed by atoms with van der Waals surface area (Å²) in [5.74, 6) is 0.757. The lowest BCUT2D eigenvalue weighted by molar-refractivity contribution is -0.125. The average molecular weight is 234 g/mol. The Bertz CT molecular complexity index is 481. The molecule has 1 aliphatic rings. The molecule has 0 saturated carbocycles. The maximum atomic E-state index is 11.9. The van der Waals surface area contributed by atoms with E-state index in [1.165, 1.54) is 0 Å². The Morgan fingerprint density at radius 1 is 1.41 bits per heavy atom. The number of rotatable bonds is 1. The van der Waals surface area contributed by atoms with Gasteiger partial charge in [0.1, 0.15) is 5.75 Å². The van der Waals surface area contributed by atoms with E-state index in [1.54, 1.807) is 0 Å². The van der Waals surface area contributed by atoms with Crippen LogP contribution in [-0.4, -0.2) is 12.0 Å². The molecule has 0 radical (unpaired) electrons. The van der Waals surface area contributed by atoms with Crippen LogP contribution in [0.4, 0.5) is 11.4 Å². The standard InChI is InChI=1S/C13H18N2O2/c1-6(2)12-13(16)15-11-8(4)10(14)7(3)5-9(11)17-12/h5-6,12H,14H2,1-4H3,(H,15,16). The van der Waals surface area contributed by atoms with Crippen molar-refractivity contribution in [3.63, 3.8) is 0 Å². The van der Waals surface area contributed by atoms with E-state index in [2.05, 4.69) is 5.32 Å². The first-order valence-corrected chi connectivity index (χ1v) is 5.79. The van der Waals surface area contributed by atoms with Crippen molar-refractivity contribution >= 4 is 17.3 Å². The highest BCUT2D eigenvalue weighted by molar-refractivity contribution is 5.99. The Morgan fingerprint density at radius 2 is 2.06 bits per heavy atom. The number of aryl methyl sites for hydroxylation is 1. The molecule has 2 rings (SSSR count). The van der Waals surface area contributed by atoms with Crippen LogP contribution in [0.15, 0.2) is 6.07 Å². The zero-order valence-corrected chi connectivity index (χ0v) is 10.6. The maximum Gasteiger partial charge on any atom is 0.265 e. The van der Waals surface area contributed by atoms with Crippen LogP contribution in [0, 0.1) is 19.8 Å². The third-order valence-corrected chi connectivity index (χ3v) is 3.16. The van der Waals surface area contributed by atoms with E-state index in [4.69, 9.17) is 10.5 Å². The predicted octanol–water partition coefficient (Wildman–Crippen LogP) is 2.24. The Morgan fingerprint density at radius 3 is 2.65 bits per heavy atom. The fraction of sp³-hybridized carbons (Fsp3) is 0.462. The van der Waals surface area contributed by atoms with Gasteiger partial charge in [0, 0.05) is 5.69 Å². The number of nitrogens with one attached hydrogen (secondary N) is 1. The van der Waals surface area contributed by atoms with E-state index < -0.39 is 6.10 Å². The van der Waals surface area contributed by atoms with Crippen molar-refractivity contribution < 1.29 is 9.53 Å². The van der Waals surface area contributed by atoms with Crippen molar-refractivity contribution in [2.75, 3.05) is 11.1 Å². The van der Waals surface area contributed by atoms with Gasteiger partial charge in [0.2, 0.25) is 0 Å². The van der Waals surface area contributed by atoms with E-state index in [-0.39, 0.29) is 11.8 Å². The number of nitrogens with two attached hydrogens (primary N) is 1. The highest BCUT2D eigenvalue weighted by atomic mass is 16.5. The SMILES string of the molecule is Cc1cc2c(c(C)c1N)NC(=O)C(C(C)C)O2. The van der Waals surface area contributed by atoms with Crippen molar-refractivity contribution in [1.29, 1.82) is 0 Å². The summed E-state index contributed by atoms with van der Waals surface area (Å²) in [6.45, 7) is 7.76. The van der Waals surface area contributed by atoms with Gasteiger partial charge in [-0.3, -0.25) is 4.79 Å². The summed E-state index contributed by atoms with van der Waals surface area (Å²) in [6.07, 6.45) is -0.426. The number of hydrogen-bond donors (Lipinski definition) is 2. The zero-order valence-electron chi connectivity index (χ0n) is 10.6. The van der Waals surface area contributed by atoms with Crippen LogP contribution in [0.25, 0.3) is 0 Å². The Labute approximate surface area is 101 Å². The van der Waals surface area contributed by atoms with Gasteiger partial charge in [-0.1, -0.05) is 13.8 Å². The highest BCUT2D eigenvalue weighted by Gasteiger charge is 2.31. The summed E-state index contributed by atoms with van der Waals surface area (Å²) in [7, 11) is 0. The molecule has 0 fully saturated rings. The van der Waals surface area contributed by atoms with Crippen molar-refractivity contribution in [3.05, 3.63) is 17.2 Å². The molecule has 0 bridgehead atoms. The summed E-state index contributed by atoms with van der Waals surface area (Å²) < 4.78 is 5.75. The third kappa shape index (κ3) is 1.84. The van der Waals surface area contributed by atoms with Crippen molar-refractivity contribution in [2.24, 2.45) is 5.92 Å². The van der Waals surface area contributed by atoms with Crippen molar-refractivity contribution in [3.8, 4) is 5.75 Å². The summed E-state index contributed by atoms with van der Waals surface area (Å²) in [5, 5.41) is 2.88. The third-order valence-electron chi connectivity index (χ3n) is 3.16. The number of amides is 1. The lowest BCUT2D eigenvalue weighted by atomic mass is 10.0. The van der Waals surface area contributed by atoms with Gasteiger partial charge in [-0.15, -0.1) is 0 Å². The predicted molar refractivity (Wildman–Crippen MR) is 68.2 cm³/mol. The lowest BCUT2D eigenvalue weighted by Crippen LogP contribution is -2.41. The fourth-order valence-electron chi connectivity index (χ4n) is 2.03. The van der Waals surface area contributed by atoms with Gasteiger partial charge in [-0.25, -0.2) is 0 Å². The second kappa shape index (κ2) is 3.95. The van der Waals surface area contributed by atoms with E-state index in [9.17, 15) is 4.79 Å². The second-order valence-electron chi connectivity index (χ2n) is 4.88. The maximum absolute atomic E-state index is 11.9. The molecule has 17 heavy (non-hydrogen) atoms. The molecule has 4 nitrogen and oxygen atoms in total. The number of hydrogen-bond acceptors (Lipinski definition) is 3. The van der Waals surface area contributed by atoms with Gasteiger partial charge in [-0.2, -0.15) is 0 Å². The summed E-state index contributed by atoms with van der Waals surface area (Å²) in [6, 6.07) is 1.88. The molecule has 1 aliphatic heterocycles. The fourth-order valence-corrected chi connectivity index (χ4v) is 2.03. The first-order chi connectivity index (χ1) is 7.91.